The molecule has 5 nitrogen and oxygen atoms in total. The van der Waals surface area contributed by atoms with E-state index in [9.17, 15) is 0 Å². The number of thiol groups is 1. The summed E-state index contributed by atoms with van der Waals surface area (Å²) in [4.78, 5) is 0. The van der Waals surface area contributed by atoms with Gasteiger partial charge in [0.1, 0.15) is 12.7 Å². The number of thiocarbonyl (C=S) groups is 1. The lowest BCUT2D eigenvalue weighted by molar-refractivity contribution is 0.0169. The lowest BCUT2D eigenvalue weighted by Crippen LogP contribution is -2.27. The van der Waals surface area contributed by atoms with E-state index in [1.165, 1.54) is 0 Å². The molecule has 12 heavy (non-hydrogen) atoms. The van der Waals surface area contributed by atoms with Gasteiger partial charge in [0.05, 0.1) is 6.61 Å². The first-order chi connectivity index (χ1) is 5.61. The Labute approximate surface area is 80.5 Å². The van der Waals surface area contributed by atoms with Crippen LogP contribution in [0.3, 0.4) is 0 Å². The summed E-state index contributed by atoms with van der Waals surface area (Å²) in [7, 11) is 0. The van der Waals surface area contributed by atoms with Gasteiger partial charge in [0.15, 0.2) is 0 Å². The van der Waals surface area contributed by atoms with Gasteiger partial charge in [-0.15, -0.1) is 0 Å². The van der Waals surface area contributed by atoms with E-state index in [-0.39, 0.29) is 11.7 Å². The molecule has 0 rings (SSSR count). The lowest BCUT2D eigenvalue weighted by Gasteiger charge is -2.12. The van der Waals surface area contributed by atoms with Crippen molar-refractivity contribution in [1.82, 2.24) is 0 Å². The number of aliphatic hydroxyl groups excluding tert-OH is 3. The predicted octanol–water partition coefficient (Wildman–Crippen LogP) is -1.14. The summed E-state index contributed by atoms with van der Waals surface area (Å²) >= 11 is 7.80. The Morgan fingerprint density at radius 3 is 2.50 bits per heavy atom. The fraction of sp³-hybridized carbons (Fsp3) is 0.800. The van der Waals surface area contributed by atoms with Gasteiger partial charge in [-0.1, -0.05) is 0 Å². The number of hydrogen-bond acceptors (Lipinski definition) is 7. The molecule has 0 spiro atoms. The zero-order valence-electron chi connectivity index (χ0n) is 6.08. The highest BCUT2D eigenvalue weighted by molar-refractivity contribution is 7.80. The lowest BCUT2D eigenvalue weighted by atomic mass is 10.4. The quantitative estimate of drug-likeness (QED) is 0.201. The Bertz CT molecular complexity index is 142. The van der Waals surface area contributed by atoms with Crippen molar-refractivity contribution in [2.45, 2.75) is 12.4 Å². The van der Waals surface area contributed by atoms with Crippen LogP contribution in [0.4, 0.5) is 0 Å². The second kappa shape index (κ2) is 6.58. The van der Waals surface area contributed by atoms with Crippen LogP contribution in [0.5, 0.6) is 0 Å². The molecule has 72 valence electrons. The van der Waals surface area contributed by atoms with E-state index in [0.29, 0.717) is 0 Å². The molecule has 3 N–H and O–H groups in total. The normalized spacial score (nSPS) is 15.3. The van der Waals surface area contributed by atoms with Crippen LogP contribution in [-0.4, -0.2) is 46.0 Å². The average molecular weight is 214 g/mol. The van der Waals surface area contributed by atoms with Gasteiger partial charge in [-0.2, -0.15) is 0 Å². The summed E-state index contributed by atoms with van der Waals surface area (Å²) < 4.78 is 8.76. The zero-order valence-corrected chi connectivity index (χ0v) is 7.79. The molecule has 0 aromatic heterocycles. The Balaban J connectivity index is 3.56. The molecule has 0 saturated heterocycles. The van der Waals surface area contributed by atoms with E-state index in [0.717, 1.165) is 0 Å². The predicted molar refractivity (Wildman–Crippen MR) is 47.7 cm³/mol. The van der Waals surface area contributed by atoms with Gasteiger partial charge >= 0.3 is 0 Å². The summed E-state index contributed by atoms with van der Waals surface area (Å²) in [6.45, 7) is -0.621. The molecule has 0 aliphatic heterocycles. The van der Waals surface area contributed by atoms with Crippen molar-refractivity contribution in [1.29, 1.82) is 0 Å². The van der Waals surface area contributed by atoms with Gasteiger partial charge in [0, 0.05) is 0 Å². The van der Waals surface area contributed by atoms with E-state index < -0.39 is 19.0 Å². The van der Waals surface area contributed by atoms with Gasteiger partial charge < -0.3 is 20.1 Å². The Kier molecular flexibility index (Phi) is 6.62. The maximum atomic E-state index is 8.80. The fourth-order valence-electron chi connectivity index (χ4n) is 0.345. The third-order valence-corrected chi connectivity index (χ3v) is 1.45. The van der Waals surface area contributed by atoms with Crippen LogP contribution >= 0.6 is 25.1 Å². The first kappa shape index (κ1) is 12.1. The number of ether oxygens (including phenoxy) is 1. The van der Waals surface area contributed by atoms with Gasteiger partial charge in [-0.25, -0.2) is 0 Å². The van der Waals surface area contributed by atoms with E-state index in [1.807, 2.05) is 0 Å². The van der Waals surface area contributed by atoms with Crippen molar-refractivity contribution in [2.24, 2.45) is 0 Å². The molecule has 0 aliphatic rings. The smallest absolute Gasteiger partial charge is 0.237 e. The Hall–Kier alpha value is 0.0800. The summed E-state index contributed by atoms with van der Waals surface area (Å²) in [6.07, 6.45) is -2.43. The molecule has 2 unspecified atom stereocenters. The van der Waals surface area contributed by atoms with Crippen molar-refractivity contribution in [3.8, 4) is 0 Å². The third-order valence-electron chi connectivity index (χ3n) is 0.930. The summed E-state index contributed by atoms with van der Waals surface area (Å²) in [6, 6.07) is 0. The van der Waals surface area contributed by atoms with E-state index in [4.69, 9.17) is 15.3 Å². The summed E-state index contributed by atoms with van der Waals surface area (Å²) in [5, 5.41) is 25.7. The molecule has 7 heteroatoms. The molecule has 0 heterocycles. The highest BCUT2D eigenvalue weighted by atomic mass is 32.1. The van der Waals surface area contributed by atoms with Gasteiger partial charge in [0.25, 0.3) is 0 Å². The number of aliphatic hydroxyl groups is 3. The maximum absolute atomic E-state index is 8.80. The Morgan fingerprint density at radius 1 is 1.50 bits per heavy atom. The molecule has 0 amide bonds. The van der Waals surface area contributed by atoms with Crippen molar-refractivity contribution in [3.05, 3.63) is 0 Å². The van der Waals surface area contributed by atoms with Crippen LogP contribution < -0.4 is 0 Å². The summed E-state index contributed by atoms with van der Waals surface area (Å²) in [5.74, 6) is 0. The Morgan fingerprint density at radius 2 is 2.08 bits per heavy atom. The van der Waals surface area contributed by atoms with Gasteiger partial charge in [-0.05, 0) is 25.1 Å². The third kappa shape index (κ3) is 4.86. The topological polar surface area (TPSA) is 79.2 Å². The minimum Gasteiger partial charge on any atom is -0.480 e. The minimum absolute atomic E-state index is 0.191. The molecule has 0 fully saturated rings. The van der Waals surface area contributed by atoms with E-state index >= 15 is 0 Å². The number of hydrogen-bond donors (Lipinski definition) is 4. The maximum Gasteiger partial charge on any atom is 0.237 e. The first-order valence-electron chi connectivity index (χ1n) is 3.05. The molecular weight excluding hydrogens is 204 g/mol. The van der Waals surface area contributed by atoms with Crippen LogP contribution in [0.25, 0.3) is 0 Å². The van der Waals surface area contributed by atoms with Crippen LogP contribution in [0.15, 0.2) is 0 Å². The standard InChI is InChI=1S/C5H10O5S2/c6-1-3(7)2-9-5(11)4(8)10-12/h3-4,6-8,12H,1-2H2. The van der Waals surface area contributed by atoms with Gasteiger partial charge in [-0.3, -0.25) is 4.18 Å². The average Bonchev–Trinajstić information content (AvgIpc) is 2.11. The van der Waals surface area contributed by atoms with Crippen LogP contribution in [0.1, 0.15) is 0 Å². The molecular formula is C5H10O5S2. The van der Waals surface area contributed by atoms with E-state index in [1.54, 1.807) is 0 Å². The largest absolute Gasteiger partial charge is 0.480 e. The second-order valence-electron chi connectivity index (χ2n) is 1.92. The van der Waals surface area contributed by atoms with Crippen molar-refractivity contribution >= 4 is 30.2 Å². The van der Waals surface area contributed by atoms with Crippen molar-refractivity contribution < 1.29 is 24.2 Å². The first-order valence-corrected chi connectivity index (χ1v) is 3.83. The molecule has 2 atom stereocenters. The van der Waals surface area contributed by atoms with Crippen molar-refractivity contribution in [3.63, 3.8) is 0 Å². The molecule has 0 bridgehead atoms. The zero-order chi connectivity index (χ0) is 9.56. The van der Waals surface area contributed by atoms with Crippen molar-refractivity contribution in [2.75, 3.05) is 13.2 Å². The van der Waals surface area contributed by atoms with Crippen LogP contribution in [-0.2, 0) is 8.92 Å². The molecule has 0 saturated carbocycles. The van der Waals surface area contributed by atoms with E-state index in [2.05, 4.69) is 34.0 Å². The highest BCUT2D eigenvalue weighted by Gasteiger charge is 2.12. The van der Waals surface area contributed by atoms with Crippen LogP contribution in [0, 0.1) is 0 Å². The van der Waals surface area contributed by atoms with Gasteiger partial charge in [0.2, 0.25) is 11.3 Å². The molecule has 0 aromatic rings. The highest BCUT2D eigenvalue weighted by Crippen LogP contribution is 1.97. The minimum atomic E-state index is -1.41. The SMILES string of the molecule is OCC(O)COC(=S)C(O)OS. The fourth-order valence-corrected chi connectivity index (χ4v) is 0.629. The molecule has 0 radical (unpaired) electrons. The summed E-state index contributed by atoms with van der Waals surface area (Å²) in [5.41, 5.74) is 0. The monoisotopic (exact) mass is 214 g/mol. The molecule has 0 aromatic carbocycles. The number of rotatable bonds is 5. The van der Waals surface area contributed by atoms with Crippen LogP contribution in [0.2, 0.25) is 0 Å². The molecule has 0 aliphatic carbocycles. The second-order valence-corrected chi connectivity index (χ2v) is 2.54.